The van der Waals surface area contributed by atoms with Crippen molar-refractivity contribution in [3.63, 3.8) is 0 Å². The molecule has 0 unspecified atom stereocenters. The highest BCUT2D eigenvalue weighted by atomic mass is 16.5. The Morgan fingerprint density at radius 2 is 0.574 bits per heavy atom. The predicted octanol–water partition coefficient (Wildman–Crippen LogP) is 6.00. The number of hydrogen-bond acceptors (Lipinski definition) is 10. The van der Waals surface area contributed by atoms with E-state index in [1.807, 2.05) is 0 Å². The normalized spacial score (nSPS) is 13.1. The standard InChI is InChI=1S/C39H33N5O10/c1-51-31-21-11-6-17-27(31)42-38(49)23-13-8-19-29(33(23)53-3)44-39(50)24-14-9-18-28(34(24)54-4)43-37(48)22-12-7-16-26(32(22)52-2)41-35(46)20-10-5-15-25(30(20)45)40-36(21)47/h5-19,45H,1-4H3,(H,40,47)(H,41,46)(H,42,49)(H,43,48)(H,44,50). The van der Waals surface area contributed by atoms with Crippen molar-refractivity contribution in [3.05, 3.63) is 119 Å². The van der Waals surface area contributed by atoms with E-state index in [0.29, 0.717) is 0 Å². The SMILES string of the molecule is COc1c2cccc1C(=O)Nc1cccc(c1OC)C(=O)Nc1cccc(c1OC)C(=O)Nc1cccc(c1OC)C(=O)Nc1cccc(c1O)C(=O)N2. The monoisotopic (exact) mass is 731 g/mol. The molecule has 1 heterocycles. The van der Waals surface area contributed by atoms with Crippen molar-refractivity contribution < 1.29 is 48.0 Å². The molecular weight excluding hydrogens is 698 g/mol. The molecule has 0 fully saturated rings. The molecular formula is C39H33N5O10. The van der Waals surface area contributed by atoms with E-state index in [-0.39, 0.29) is 79.3 Å². The van der Waals surface area contributed by atoms with Gasteiger partial charge in [0.25, 0.3) is 29.5 Å². The minimum atomic E-state index is -0.785. The molecule has 5 aromatic carbocycles. The van der Waals surface area contributed by atoms with Crippen LogP contribution in [0.2, 0.25) is 0 Å². The quantitative estimate of drug-likeness (QED) is 0.119. The summed E-state index contributed by atoms with van der Waals surface area (Å²) < 4.78 is 22.3. The predicted molar refractivity (Wildman–Crippen MR) is 200 cm³/mol. The maximum Gasteiger partial charge on any atom is 0.259 e. The number of benzene rings is 5. The summed E-state index contributed by atoms with van der Waals surface area (Å²) in [6, 6.07) is 22.2. The van der Waals surface area contributed by atoms with Crippen LogP contribution in [0.15, 0.2) is 91.0 Å². The molecule has 0 atom stereocenters. The van der Waals surface area contributed by atoms with Crippen molar-refractivity contribution in [3.8, 4) is 28.7 Å². The van der Waals surface area contributed by atoms with Gasteiger partial charge in [-0.25, -0.2) is 0 Å². The van der Waals surface area contributed by atoms with E-state index >= 15 is 0 Å². The molecule has 5 aromatic rings. The maximum absolute atomic E-state index is 13.7. The van der Waals surface area contributed by atoms with E-state index in [2.05, 4.69) is 26.6 Å². The number of para-hydroxylation sites is 5. The second kappa shape index (κ2) is 15.4. The Morgan fingerprint density at radius 3 is 0.852 bits per heavy atom. The number of amides is 5. The van der Waals surface area contributed by atoms with E-state index in [9.17, 15) is 29.1 Å². The lowest BCUT2D eigenvalue weighted by atomic mass is 10.1. The van der Waals surface area contributed by atoms with Gasteiger partial charge in [-0.05, 0) is 60.7 Å². The van der Waals surface area contributed by atoms with Gasteiger partial charge < -0.3 is 50.6 Å². The highest BCUT2D eigenvalue weighted by Crippen LogP contribution is 2.37. The fourth-order valence-electron chi connectivity index (χ4n) is 5.91. The molecule has 1 aliphatic rings. The lowest BCUT2D eigenvalue weighted by Gasteiger charge is -2.18. The van der Waals surface area contributed by atoms with Crippen molar-refractivity contribution in [2.24, 2.45) is 0 Å². The van der Waals surface area contributed by atoms with Crippen LogP contribution in [0.4, 0.5) is 28.4 Å². The van der Waals surface area contributed by atoms with Gasteiger partial charge >= 0.3 is 0 Å². The summed E-state index contributed by atoms with van der Waals surface area (Å²) in [5, 5.41) is 24.6. The molecule has 0 saturated heterocycles. The molecule has 0 aliphatic carbocycles. The van der Waals surface area contributed by atoms with Gasteiger partial charge in [-0.1, -0.05) is 30.3 Å². The van der Waals surface area contributed by atoms with Gasteiger partial charge in [-0.3, -0.25) is 24.0 Å². The second-order valence-corrected chi connectivity index (χ2v) is 11.5. The van der Waals surface area contributed by atoms with Crippen molar-refractivity contribution in [2.75, 3.05) is 55.0 Å². The molecule has 0 aromatic heterocycles. The Morgan fingerprint density at radius 1 is 0.352 bits per heavy atom. The molecule has 0 radical (unpaired) electrons. The second-order valence-electron chi connectivity index (χ2n) is 11.5. The Labute approximate surface area is 308 Å². The van der Waals surface area contributed by atoms with Crippen LogP contribution in [0.3, 0.4) is 0 Å². The Balaban J connectivity index is 1.50. The summed E-state index contributed by atoms with van der Waals surface area (Å²) in [7, 11) is 5.29. The minimum absolute atomic E-state index is 0.00667. The van der Waals surface area contributed by atoms with Gasteiger partial charge in [0.1, 0.15) is 0 Å². The molecule has 274 valence electrons. The minimum Gasteiger partial charge on any atom is -0.505 e. The van der Waals surface area contributed by atoms with Crippen molar-refractivity contribution >= 4 is 58.0 Å². The third-order valence-corrected chi connectivity index (χ3v) is 8.38. The molecule has 15 heteroatoms. The highest BCUT2D eigenvalue weighted by Gasteiger charge is 2.26. The van der Waals surface area contributed by atoms with Gasteiger partial charge in [0.2, 0.25) is 0 Å². The number of carbonyl (C=O) groups excluding carboxylic acids is 5. The number of carbonyl (C=O) groups is 5. The van der Waals surface area contributed by atoms with Crippen LogP contribution in [-0.2, 0) is 0 Å². The van der Waals surface area contributed by atoms with Crippen LogP contribution >= 0.6 is 0 Å². The topological polar surface area (TPSA) is 203 Å². The van der Waals surface area contributed by atoms with Crippen LogP contribution in [-0.4, -0.2) is 63.1 Å². The number of hydrogen-bond donors (Lipinski definition) is 6. The number of fused-ring (bicyclic) bond motifs is 10. The van der Waals surface area contributed by atoms with Crippen LogP contribution in [0.5, 0.6) is 28.7 Å². The molecule has 15 nitrogen and oxygen atoms in total. The lowest BCUT2D eigenvalue weighted by Crippen LogP contribution is -2.19. The number of aromatic hydroxyl groups is 1. The Hall–Kier alpha value is -7.55. The summed E-state index contributed by atoms with van der Waals surface area (Å²) in [6.07, 6.45) is 0. The summed E-state index contributed by atoms with van der Waals surface area (Å²) in [5.74, 6) is -4.02. The van der Waals surface area contributed by atoms with Crippen LogP contribution in [0.25, 0.3) is 0 Å². The third-order valence-electron chi connectivity index (χ3n) is 8.38. The number of methoxy groups -OCH3 is 4. The summed E-state index contributed by atoms with van der Waals surface area (Å²) in [5.41, 5.74) is 0.241. The molecule has 6 rings (SSSR count). The first-order valence-corrected chi connectivity index (χ1v) is 16.2. The summed E-state index contributed by atoms with van der Waals surface area (Å²) >= 11 is 0. The molecule has 10 bridgehead atoms. The van der Waals surface area contributed by atoms with E-state index in [1.165, 1.54) is 119 Å². The average Bonchev–Trinajstić information content (AvgIpc) is 3.17. The van der Waals surface area contributed by atoms with Gasteiger partial charge in [0.15, 0.2) is 28.7 Å². The molecule has 6 N–H and O–H groups in total. The first-order valence-electron chi connectivity index (χ1n) is 16.2. The molecule has 5 amide bonds. The number of anilines is 5. The van der Waals surface area contributed by atoms with E-state index in [0.717, 1.165) is 0 Å². The van der Waals surface area contributed by atoms with Crippen LogP contribution in [0.1, 0.15) is 51.8 Å². The smallest absolute Gasteiger partial charge is 0.259 e. The van der Waals surface area contributed by atoms with Gasteiger partial charge in [-0.2, -0.15) is 0 Å². The zero-order chi connectivity index (χ0) is 38.5. The van der Waals surface area contributed by atoms with Gasteiger partial charge in [-0.15, -0.1) is 0 Å². The number of phenolic OH excluding ortho intramolecular Hbond substituents is 1. The number of phenols is 1. The van der Waals surface area contributed by atoms with E-state index in [4.69, 9.17) is 18.9 Å². The molecule has 0 spiro atoms. The average molecular weight is 732 g/mol. The highest BCUT2D eigenvalue weighted by molar-refractivity contribution is 6.16. The van der Waals surface area contributed by atoms with E-state index in [1.54, 1.807) is 0 Å². The van der Waals surface area contributed by atoms with Crippen LogP contribution in [0, 0.1) is 0 Å². The molecule has 54 heavy (non-hydrogen) atoms. The summed E-state index contributed by atoms with van der Waals surface area (Å²) in [4.78, 5) is 68.3. The number of ether oxygens (including phenoxy) is 4. The fourth-order valence-corrected chi connectivity index (χ4v) is 5.91. The zero-order valence-corrected chi connectivity index (χ0v) is 29.3. The zero-order valence-electron chi connectivity index (χ0n) is 29.3. The fraction of sp³-hybridized carbons (Fsp3) is 0.103. The van der Waals surface area contributed by atoms with Crippen LogP contribution < -0.4 is 45.5 Å². The summed E-state index contributed by atoms with van der Waals surface area (Å²) in [6.45, 7) is 0. The molecule has 0 saturated carbocycles. The largest absolute Gasteiger partial charge is 0.505 e. The van der Waals surface area contributed by atoms with Gasteiger partial charge in [0.05, 0.1) is 84.7 Å². The Bertz CT molecular complexity index is 2340. The maximum atomic E-state index is 13.7. The lowest BCUT2D eigenvalue weighted by molar-refractivity contribution is 0.101. The van der Waals surface area contributed by atoms with Gasteiger partial charge in [0, 0.05) is 0 Å². The van der Waals surface area contributed by atoms with E-state index < -0.39 is 35.3 Å². The van der Waals surface area contributed by atoms with Crippen molar-refractivity contribution in [1.82, 2.24) is 0 Å². The first-order chi connectivity index (χ1) is 26.1. The Kier molecular flexibility index (Phi) is 10.3. The first kappa shape index (κ1) is 36.2. The molecule has 1 aliphatic heterocycles. The van der Waals surface area contributed by atoms with Crippen molar-refractivity contribution in [1.29, 1.82) is 0 Å². The number of nitrogens with one attached hydrogen (secondary N) is 5. The third kappa shape index (κ3) is 6.88. The number of rotatable bonds is 4. The van der Waals surface area contributed by atoms with Crippen molar-refractivity contribution in [2.45, 2.75) is 0 Å².